The number of hydrogen-bond donors (Lipinski definition) is 0. The molecule has 0 aliphatic carbocycles. The molecule has 1 rings (SSSR count). The van der Waals surface area contributed by atoms with Gasteiger partial charge >= 0.3 is 0 Å². The summed E-state index contributed by atoms with van der Waals surface area (Å²) in [5.74, 6) is 0. The Bertz CT molecular complexity index is 219. The van der Waals surface area contributed by atoms with Gasteiger partial charge in [-0.1, -0.05) is 0 Å². The smallest absolute Gasteiger partial charge is 0.233 e. The van der Waals surface area contributed by atoms with Crippen LogP contribution in [0, 0.1) is 10.1 Å². The molecule has 0 aromatic carbocycles. The van der Waals surface area contributed by atoms with Crippen LogP contribution >= 0.6 is 22.6 Å². The maximum atomic E-state index is 10.4. The molecule has 1 atom stereocenters. The van der Waals surface area contributed by atoms with Crippen LogP contribution in [0.3, 0.4) is 0 Å². The van der Waals surface area contributed by atoms with Crippen LogP contribution < -0.4 is 0 Å². The first-order valence-electron chi connectivity index (χ1n) is 3.43. The Morgan fingerprint density at radius 1 is 1.75 bits per heavy atom. The Hall–Kier alpha value is -0.600. The molecule has 0 spiro atoms. The predicted molar refractivity (Wildman–Crippen MR) is 52.1 cm³/mol. The molecule has 0 saturated carbocycles. The second-order valence-corrected chi connectivity index (χ2v) is 3.75. The number of hydrazone groups is 1. The van der Waals surface area contributed by atoms with Crippen LogP contribution in [0.2, 0.25) is 0 Å². The second-order valence-electron chi connectivity index (χ2n) is 2.63. The average Bonchev–Trinajstić information content (AvgIpc) is 2.30. The summed E-state index contributed by atoms with van der Waals surface area (Å²) in [4.78, 5) is 10.4. The van der Waals surface area contributed by atoms with Gasteiger partial charge in [-0.25, -0.2) is 10.1 Å². The van der Waals surface area contributed by atoms with E-state index in [1.54, 1.807) is 5.01 Å². The van der Waals surface area contributed by atoms with Crippen molar-refractivity contribution in [1.29, 1.82) is 0 Å². The lowest BCUT2D eigenvalue weighted by atomic mass is 10.4. The van der Waals surface area contributed by atoms with Gasteiger partial charge in [0.05, 0.1) is 0 Å². The van der Waals surface area contributed by atoms with E-state index in [2.05, 4.69) is 5.10 Å². The van der Waals surface area contributed by atoms with Gasteiger partial charge in [-0.05, 0) is 41.4 Å². The molecule has 1 aliphatic rings. The highest BCUT2D eigenvalue weighted by atomic mass is 127. The van der Waals surface area contributed by atoms with E-state index in [1.165, 1.54) is 6.34 Å². The average molecular weight is 284 g/mol. The van der Waals surface area contributed by atoms with Crippen LogP contribution in [-0.2, 0) is 0 Å². The lowest BCUT2D eigenvalue weighted by Gasteiger charge is -2.22. The number of hydrazine groups is 1. The van der Waals surface area contributed by atoms with Crippen LogP contribution in [0.25, 0.3) is 0 Å². The van der Waals surface area contributed by atoms with Crippen molar-refractivity contribution < 1.29 is 5.03 Å². The summed E-state index contributed by atoms with van der Waals surface area (Å²) < 4.78 is -0.322. The Labute approximate surface area is 83.5 Å². The zero-order chi connectivity index (χ0) is 9.30. The summed E-state index contributed by atoms with van der Waals surface area (Å²) in [6.07, 6.45) is 1.23. The molecule has 0 radical (unpaired) electrons. The minimum Gasteiger partial charge on any atom is -0.256 e. The van der Waals surface area contributed by atoms with Crippen molar-refractivity contribution >= 4 is 28.9 Å². The number of alkyl halides is 1. The first-order chi connectivity index (χ1) is 5.54. The number of hydrogen-bond acceptors (Lipinski definition) is 4. The molecule has 7 heteroatoms. The lowest BCUT2D eigenvalue weighted by Crippen LogP contribution is -2.40. The van der Waals surface area contributed by atoms with Gasteiger partial charge in [0.2, 0.25) is 4.17 Å². The summed E-state index contributed by atoms with van der Waals surface area (Å²) in [6.45, 7) is 3.87. The molecule has 12 heavy (non-hydrogen) atoms. The molecule has 0 N–H and O–H groups in total. The van der Waals surface area contributed by atoms with Crippen LogP contribution in [0.15, 0.2) is 5.10 Å². The van der Waals surface area contributed by atoms with Crippen molar-refractivity contribution in [2.75, 3.05) is 0 Å². The Balaban J connectivity index is 2.68. The molecule has 0 aromatic rings. The summed E-state index contributed by atoms with van der Waals surface area (Å²) in [5, 5.41) is 16.5. The molecule has 6 nitrogen and oxygen atoms in total. The highest BCUT2D eigenvalue weighted by molar-refractivity contribution is 14.1. The minimum absolute atomic E-state index is 0.174. The second kappa shape index (κ2) is 3.42. The SMILES string of the molecule is CC(C)N1N=CN([N+](=O)[O-])C1I. The van der Waals surface area contributed by atoms with E-state index < -0.39 is 5.03 Å². The fourth-order valence-electron chi connectivity index (χ4n) is 0.843. The molecule has 1 unspecified atom stereocenters. The number of halogens is 1. The number of nitrogens with zero attached hydrogens (tertiary/aromatic N) is 4. The van der Waals surface area contributed by atoms with Gasteiger partial charge in [-0.2, -0.15) is 5.10 Å². The number of nitro groups is 1. The molecule has 68 valence electrons. The Morgan fingerprint density at radius 3 is 2.58 bits per heavy atom. The van der Waals surface area contributed by atoms with Gasteiger partial charge in [-0.15, -0.1) is 0 Å². The third-order valence-corrected chi connectivity index (χ3v) is 2.60. The number of rotatable bonds is 2. The predicted octanol–water partition coefficient (Wildman–Crippen LogP) is 0.866. The van der Waals surface area contributed by atoms with E-state index in [9.17, 15) is 10.1 Å². The first-order valence-corrected chi connectivity index (χ1v) is 4.67. The first kappa shape index (κ1) is 9.49. The van der Waals surface area contributed by atoms with E-state index in [0.717, 1.165) is 5.01 Å². The van der Waals surface area contributed by atoms with Crippen molar-refractivity contribution in [2.45, 2.75) is 24.1 Å². The van der Waals surface area contributed by atoms with Crippen LogP contribution in [0.1, 0.15) is 13.8 Å². The fourth-order valence-corrected chi connectivity index (χ4v) is 1.98. The van der Waals surface area contributed by atoms with Crippen molar-refractivity contribution in [2.24, 2.45) is 5.10 Å². The monoisotopic (exact) mass is 284 g/mol. The Kier molecular flexibility index (Phi) is 2.70. The van der Waals surface area contributed by atoms with Gasteiger partial charge in [-0.3, -0.25) is 5.01 Å². The topological polar surface area (TPSA) is 62.0 Å². The highest BCUT2D eigenvalue weighted by Crippen LogP contribution is 2.20. The van der Waals surface area contributed by atoms with Gasteiger partial charge in [0, 0.05) is 6.04 Å². The van der Waals surface area contributed by atoms with Crippen molar-refractivity contribution in [3.05, 3.63) is 10.1 Å². The molecule has 0 amide bonds. The van der Waals surface area contributed by atoms with E-state index in [1.807, 2.05) is 36.4 Å². The van der Waals surface area contributed by atoms with Gasteiger partial charge in [0.1, 0.15) is 0 Å². The molecular formula is C5H9IN4O2. The zero-order valence-corrected chi connectivity index (χ0v) is 8.87. The quantitative estimate of drug-likeness (QED) is 0.248. The molecular weight excluding hydrogens is 275 g/mol. The summed E-state index contributed by atoms with van der Waals surface area (Å²) in [5.41, 5.74) is 0. The molecule has 0 fully saturated rings. The van der Waals surface area contributed by atoms with E-state index in [4.69, 9.17) is 0 Å². The third kappa shape index (κ3) is 1.59. The summed E-state index contributed by atoms with van der Waals surface area (Å²) >= 11 is 1.97. The maximum Gasteiger partial charge on any atom is 0.233 e. The third-order valence-electron chi connectivity index (χ3n) is 1.46. The van der Waals surface area contributed by atoms with Crippen molar-refractivity contribution in [3.8, 4) is 0 Å². The van der Waals surface area contributed by atoms with Crippen molar-refractivity contribution in [3.63, 3.8) is 0 Å². The maximum absolute atomic E-state index is 10.4. The van der Waals surface area contributed by atoms with Gasteiger partial charge in [0.25, 0.3) is 0 Å². The summed E-state index contributed by atoms with van der Waals surface area (Å²) in [7, 11) is 0. The summed E-state index contributed by atoms with van der Waals surface area (Å²) in [6, 6.07) is 0.174. The highest BCUT2D eigenvalue weighted by Gasteiger charge is 2.34. The largest absolute Gasteiger partial charge is 0.256 e. The molecule has 0 bridgehead atoms. The molecule has 1 heterocycles. The van der Waals surface area contributed by atoms with E-state index >= 15 is 0 Å². The van der Waals surface area contributed by atoms with E-state index in [0.29, 0.717) is 0 Å². The zero-order valence-electron chi connectivity index (χ0n) is 6.72. The van der Waals surface area contributed by atoms with Gasteiger partial charge < -0.3 is 0 Å². The van der Waals surface area contributed by atoms with E-state index in [-0.39, 0.29) is 10.2 Å². The van der Waals surface area contributed by atoms with Crippen LogP contribution in [0.5, 0.6) is 0 Å². The molecule has 0 saturated heterocycles. The van der Waals surface area contributed by atoms with Gasteiger partial charge in [0.15, 0.2) is 11.4 Å². The normalized spacial score (nSPS) is 22.5. The van der Waals surface area contributed by atoms with Crippen molar-refractivity contribution in [1.82, 2.24) is 10.0 Å². The molecule has 0 aromatic heterocycles. The molecule has 1 aliphatic heterocycles. The standard InChI is InChI=1S/C5H9IN4O2/c1-4(2)9-5(6)8(3-7-9)10(11)12/h3-5H,1-2H3. The fraction of sp³-hybridized carbons (Fsp3) is 0.800. The lowest BCUT2D eigenvalue weighted by molar-refractivity contribution is -0.630. The minimum atomic E-state index is -0.469. The van der Waals surface area contributed by atoms with Crippen LogP contribution in [-0.4, -0.2) is 31.6 Å². The van der Waals surface area contributed by atoms with Crippen LogP contribution in [0.4, 0.5) is 0 Å². The Morgan fingerprint density at radius 2 is 2.33 bits per heavy atom.